The number of hydrogen-bond acceptors (Lipinski definition) is 6. The molecule has 2 heterocycles. The van der Waals surface area contributed by atoms with Crippen molar-refractivity contribution in [3.05, 3.63) is 34.9 Å². The summed E-state index contributed by atoms with van der Waals surface area (Å²) in [6.07, 6.45) is 3.70. The highest BCUT2D eigenvalue weighted by atomic mass is 32.1. The van der Waals surface area contributed by atoms with Gasteiger partial charge < -0.3 is 14.5 Å². The molecule has 0 fully saturated rings. The van der Waals surface area contributed by atoms with Gasteiger partial charge in [0.1, 0.15) is 10.6 Å². The van der Waals surface area contributed by atoms with Crippen LogP contribution >= 0.6 is 11.3 Å². The summed E-state index contributed by atoms with van der Waals surface area (Å²) in [6.45, 7) is 3.90. The van der Waals surface area contributed by atoms with Gasteiger partial charge in [-0.3, -0.25) is 4.79 Å². The largest absolute Gasteiger partial charge is 0.462 e. The van der Waals surface area contributed by atoms with Crippen LogP contribution in [0.3, 0.4) is 0 Å². The Morgan fingerprint density at radius 2 is 2.29 bits per heavy atom. The molecule has 0 saturated heterocycles. The van der Waals surface area contributed by atoms with Crippen molar-refractivity contribution in [3.8, 4) is 0 Å². The lowest BCUT2D eigenvalue weighted by atomic mass is 10.2. The van der Waals surface area contributed by atoms with Gasteiger partial charge in [-0.05, 0) is 25.5 Å². The summed E-state index contributed by atoms with van der Waals surface area (Å²) in [5, 5.41) is 3.41. The zero-order chi connectivity index (χ0) is 15.2. The number of hydrogen-bond donors (Lipinski definition) is 1. The first kappa shape index (κ1) is 15.2. The molecule has 2 aromatic heterocycles. The molecule has 6 nitrogen and oxygen atoms in total. The maximum absolute atomic E-state index is 11.8. The molecule has 0 atom stereocenters. The number of carbonyl (C=O) groups excluding carboxylic acids is 2. The highest BCUT2D eigenvalue weighted by Gasteiger charge is 2.15. The lowest BCUT2D eigenvalue weighted by Crippen LogP contribution is -2.11. The fourth-order valence-electron chi connectivity index (χ4n) is 1.75. The first-order chi connectivity index (χ1) is 10.1. The number of nitrogens with one attached hydrogen (secondary N) is 1. The number of aromatic nitrogens is 1. The minimum atomic E-state index is -0.359. The number of carbonyl (C=O) groups is 2. The standard InChI is InChI=1S/C14H16N2O4S/c1-3-19-14(18)13-9(2)6-12(21-13)16-11(17)5-4-10-7-15-8-20-10/h6-8H,3-5H2,1-2H3,(H,16,17). The van der Waals surface area contributed by atoms with Crippen molar-refractivity contribution in [2.45, 2.75) is 26.7 Å². The molecule has 112 valence electrons. The second-order valence-electron chi connectivity index (χ2n) is 4.36. The minimum Gasteiger partial charge on any atom is -0.462 e. The fourth-order valence-corrected chi connectivity index (χ4v) is 2.73. The predicted octanol–water partition coefficient (Wildman–Crippen LogP) is 2.79. The number of oxazole rings is 1. The number of thiophene rings is 1. The van der Waals surface area contributed by atoms with E-state index < -0.39 is 0 Å². The Hall–Kier alpha value is -2.15. The number of rotatable bonds is 6. The van der Waals surface area contributed by atoms with Crippen LogP contribution in [-0.4, -0.2) is 23.5 Å². The molecule has 21 heavy (non-hydrogen) atoms. The highest BCUT2D eigenvalue weighted by Crippen LogP contribution is 2.27. The zero-order valence-corrected chi connectivity index (χ0v) is 12.7. The van der Waals surface area contributed by atoms with Gasteiger partial charge in [0.15, 0.2) is 6.39 Å². The number of esters is 1. The molecule has 0 aliphatic heterocycles. The van der Waals surface area contributed by atoms with E-state index in [9.17, 15) is 9.59 Å². The minimum absolute atomic E-state index is 0.136. The van der Waals surface area contributed by atoms with E-state index in [1.54, 1.807) is 19.2 Å². The maximum Gasteiger partial charge on any atom is 0.348 e. The van der Waals surface area contributed by atoms with Crippen LogP contribution in [0.5, 0.6) is 0 Å². The number of aryl methyl sites for hydroxylation is 2. The Kier molecular flexibility index (Phi) is 5.10. The molecule has 2 rings (SSSR count). The molecule has 0 saturated carbocycles. The van der Waals surface area contributed by atoms with Crippen molar-refractivity contribution >= 4 is 28.2 Å². The van der Waals surface area contributed by atoms with E-state index in [2.05, 4.69) is 10.3 Å². The molecule has 7 heteroatoms. The third-order valence-electron chi connectivity index (χ3n) is 2.72. The lowest BCUT2D eigenvalue weighted by molar-refractivity contribution is -0.116. The van der Waals surface area contributed by atoms with Crippen molar-refractivity contribution in [1.29, 1.82) is 0 Å². The Bertz CT molecular complexity index is 619. The normalized spacial score (nSPS) is 10.4. The van der Waals surface area contributed by atoms with Gasteiger partial charge in [0.2, 0.25) is 5.91 Å². The SMILES string of the molecule is CCOC(=O)c1sc(NC(=O)CCc2cnco2)cc1C. The summed E-state index contributed by atoms with van der Waals surface area (Å²) in [5.74, 6) is 0.171. The molecule has 0 radical (unpaired) electrons. The van der Waals surface area contributed by atoms with Crippen LogP contribution in [0, 0.1) is 6.92 Å². The van der Waals surface area contributed by atoms with E-state index >= 15 is 0 Å². The van der Waals surface area contributed by atoms with Crippen LogP contribution in [0.15, 0.2) is 23.1 Å². The van der Waals surface area contributed by atoms with Gasteiger partial charge in [-0.25, -0.2) is 9.78 Å². The first-order valence-corrected chi connectivity index (χ1v) is 7.36. The van der Waals surface area contributed by atoms with Crippen molar-refractivity contribution in [1.82, 2.24) is 4.98 Å². The maximum atomic E-state index is 11.8. The topological polar surface area (TPSA) is 81.4 Å². The van der Waals surface area contributed by atoms with Gasteiger partial charge in [-0.1, -0.05) is 0 Å². The van der Waals surface area contributed by atoms with E-state index in [-0.39, 0.29) is 11.9 Å². The van der Waals surface area contributed by atoms with Crippen LogP contribution in [0.4, 0.5) is 5.00 Å². The Morgan fingerprint density at radius 3 is 2.95 bits per heavy atom. The van der Waals surface area contributed by atoms with Crippen LogP contribution in [-0.2, 0) is 16.0 Å². The summed E-state index contributed by atoms with van der Waals surface area (Å²) < 4.78 is 10.0. The van der Waals surface area contributed by atoms with Gasteiger partial charge in [-0.15, -0.1) is 11.3 Å². The highest BCUT2D eigenvalue weighted by molar-refractivity contribution is 7.18. The summed E-state index contributed by atoms with van der Waals surface area (Å²) in [6, 6.07) is 1.77. The molecule has 2 aromatic rings. The number of anilines is 1. The smallest absolute Gasteiger partial charge is 0.348 e. The van der Waals surface area contributed by atoms with Crippen LogP contribution in [0.25, 0.3) is 0 Å². The second kappa shape index (κ2) is 7.03. The Labute approximate surface area is 126 Å². The van der Waals surface area contributed by atoms with Crippen LogP contribution in [0.1, 0.15) is 34.3 Å². The third kappa shape index (κ3) is 4.16. The second-order valence-corrected chi connectivity index (χ2v) is 5.41. The molecule has 0 aliphatic rings. The fraction of sp³-hybridized carbons (Fsp3) is 0.357. The summed E-state index contributed by atoms with van der Waals surface area (Å²) in [5.41, 5.74) is 0.795. The molecule has 0 spiro atoms. The zero-order valence-electron chi connectivity index (χ0n) is 11.8. The van der Waals surface area contributed by atoms with Crippen molar-refractivity contribution in [2.75, 3.05) is 11.9 Å². The van der Waals surface area contributed by atoms with Crippen molar-refractivity contribution < 1.29 is 18.7 Å². The summed E-state index contributed by atoms with van der Waals surface area (Å²) >= 11 is 1.22. The molecule has 0 bridgehead atoms. The molecule has 1 amide bonds. The molecule has 1 N–H and O–H groups in total. The summed E-state index contributed by atoms with van der Waals surface area (Å²) in [4.78, 5) is 27.8. The van der Waals surface area contributed by atoms with Gasteiger partial charge in [0.25, 0.3) is 0 Å². The number of amides is 1. The quantitative estimate of drug-likeness (QED) is 0.830. The van der Waals surface area contributed by atoms with Gasteiger partial charge in [0.05, 0.1) is 17.8 Å². The van der Waals surface area contributed by atoms with E-state index in [1.165, 1.54) is 17.7 Å². The van der Waals surface area contributed by atoms with E-state index in [4.69, 9.17) is 9.15 Å². The van der Waals surface area contributed by atoms with Crippen molar-refractivity contribution in [3.63, 3.8) is 0 Å². The molecule has 0 unspecified atom stereocenters. The Balaban J connectivity index is 1.92. The van der Waals surface area contributed by atoms with Gasteiger partial charge >= 0.3 is 5.97 Å². The average Bonchev–Trinajstić information content (AvgIpc) is 3.06. The first-order valence-electron chi connectivity index (χ1n) is 6.55. The van der Waals surface area contributed by atoms with Gasteiger partial charge in [-0.2, -0.15) is 0 Å². The summed E-state index contributed by atoms with van der Waals surface area (Å²) in [7, 11) is 0. The van der Waals surface area contributed by atoms with Crippen LogP contribution in [0.2, 0.25) is 0 Å². The monoisotopic (exact) mass is 308 g/mol. The lowest BCUT2D eigenvalue weighted by Gasteiger charge is -2.01. The number of nitrogens with zero attached hydrogens (tertiary/aromatic N) is 1. The van der Waals surface area contributed by atoms with Gasteiger partial charge in [0, 0.05) is 12.8 Å². The van der Waals surface area contributed by atoms with Crippen molar-refractivity contribution in [2.24, 2.45) is 0 Å². The van der Waals surface area contributed by atoms with E-state index in [1.807, 2.05) is 6.92 Å². The van der Waals surface area contributed by atoms with E-state index in [0.717, 1.165) is 5.56 Å². The molecular formula is C14H16N2O4S. The number of ether oxygens (including phenoxy) is 1. The Morgan fingerprint density at radius 1 is 1.48 bits per heavy atom. The molecule has 0 aliphatic carbocycles. The average molecular weight is 308 g/mol. The third-order valence-corrected chi connectivity index (χ3v) is 3.86. The molecule has 0 aromatic carbocycles. The van der Waals surface area contributed by atoms with Crippen LogP contribution < -0.4 is 5.32 Å². The van der Waals surface area contributed by atoms with E-state index in [0.29, 0.717) is 35.1 Å². The molecular weight excluding hydrogens is 292 g/mol. The predicted molar refractivity (Wildman–Crippen MR) is 78.5 cm³/mol.